The molecule has 1 aromatic rings. The first kappa shape index (κ1) is 12.7. The number of carbonyl (C=O) groups excluding carboxylic acids is 1. The van der Waals surface area contributed by atoms with Crippen molar-refractivity contribution < 1.29 is 9.53 Å². The SMILES string of the molecule is NC(=O)c1cnc(N2CCO[C@H]3CCC[C@@H]32)c(Cl)c1. The fraction of sp³-hybridized carbons (Fsp3) is 0.538. The number of rotatable bonds is 2. The van der Waals surface area contributed by atoms with Crippen LogP contribution in [0, 0.1) is 0 Å². The van der Waals surface area contributed by atoms with E-state index in [0.29, 0.717) is 23.2 Å². The van der Waals surface area contributed by atoms with Gasteiger partial charge in [0.15, 0.2) is 0 Å². The van der Waals surface area contributed by atoms with Crippen LogP contribution < -0.4 is 10.6 Å². The molecule has 2 heterocycles. The van der Waals surface area contributed by atoms with Gasteiger partial charge in [0.1, 0.15) is 5.82 Å². The number of carbonyl (C=O) groups is 1. The molecule has 0 spiro atoms. The van der Waals surface area contributed by atoms with Crippen LogP contribution in [0.4, 0.5) is 5.82 Å². The fourth-order valence-electron chi connectivity index (χ4n) is 2.97. The van der Waals surface area contributed by atoms with Crippen LogP contribution >= 0.6 is 11.6 Å². The highest BCUT2D eigenvalue weighted by molar-refractivity contribution is 6.33. The predicted octanol–water partition coefficient (Wildman–Crippen LogP) is 1.59. The van der Waals surface area contributed by atoms with E-state index in [1.165, 1.54) is 12.6 Å². The van der Waals surface area contributed by atoms with Crippen LogP contribution in [0.25, 0.3) is 0 Å². The van der Waals surface area contributed by atoms with Crippen LogP contribution in [-0.2, 0) is 4.74 Å². The van der Waals surface area contributed by atoms with Crippen LogP contribution in [0.2, 0.25) is 5.02 Å². The summed E-state index contributed by atoms with van der Waals surface area (Å²) in [5.41, 5.74) is 5.56. The van der Waals surface area contributed by atoms with Gasteiger partial charge < -0.3 is 15.4 Å². The number of morpholine rings is 1. The minimum Gasteiger partial charge on any atom is -0.374 e. The van der Waals surface area contributed by atoms with Crippen molar-refractivity contribution >= 4 is 23.3 Å². The lowest BCUT2D eigenvalue weighted by molar-refractivity contribution is 0.0253. The number of nitrogens with two attached hydrogens (primary N) is 1. The van der Waals surface area contributed by atoms with E-state index in [1.54, 1.807) is 6.07 Å². The van der Waals surface area contributed by atoms with Crippen LogP contribution in [0.15, 0.2) is 12.3 Å². The normalized spacial score (nSPS) is 26.3. The zero-order chi connectivity index (χ0) is 13.4. The standard InChI is InChI=1S/C13H16ClN3O2/c14-9-6-8(12(15)18)7-16-13(9)17-4-5-19-11-3-1-2-10(11)17/h6-7,10-11H,1-5H2,(H2,15,18)/t10-,11-/m0/s1. The van der Waals surface area contributed by atoms with E-state index in [2.05, 4.69) is 9.88 Å². The summed E-state index contributed by atoms with van der Waals surface area (Å²) in [5.74, 6) is 0.216. The zero-order valence-corrected chi connectivity index (χ0v) is 11.3. The van der Waals surface area contributed by atoms with Crippen molar-refractivity contribution in [2.45, 2.75) is 31.4 Å². The third-order valence-corrected chi connectivity index (χ3v) is 4.14. The molecule has 2 aliphatic rings. The second-order valence-electron chi connectivity index (χ2n) is 4.99. The van der Waals surface area contributed by atoms with Crippen molar-refractivity contribution in [1.29, 1.82) is 0 Å². The Hall–Kier alpha value is -1.33. The Morgan fingerprint density at radius 2 is 2.37 bits per heavy atom. The minimum atomic E-state index is -0.512. The van der Waals surface area contributed by atoms with Crippen molar-refractivity contribution in [3.63, 3.8) is 0 Å². The largest absolute Gasteiger partial charge is 0.374 e. The summed E-state index contributed by atoms with van der Waals surface area (Å²) in [6, 6.07) is 1.93. The molecular formula is C13H16ClN3O2. The zero-order valence-electron chi connectivity index (χ0n) is 10.5. The summed E-state index contributed by atoms with van der Waals surface area (Å²) in [6.45, 7) is 1.47. The molecule has 102 valence electrons. The van der Waals surface area contributed by atoms with Gasteiger partial charge in [0, 0.05) is 12.7 Å². The Balaban J connectivity index is 1.90. The number of halogens is 1. The summed E-state index contributed by atoms with van der Waals surface area (Å²) in [7, 11) is 0. The van der Waals surface area contributed by atoms with Gasteiger partial charge in [-0.25, -0.2) is 4.98 Å². The number of primary amides is 1. The predicted molar refractivity (Wildman–Crippen MR) is 72.5 cm³/mol. The number of hydrogen-bond donors (Lipinski definition) is 1. The first-order chi connectivity index (χ1) is 9.16. The Bertz CT molecular complexity index is 509. The number of anilines is 1. The molecule has 5 nitrogen and oxygen atoms in total. The highest BCUT2D eigenvalue weighted by Gasteiger charge is 2.37. The molecule has 19 heavy (non-hydrogen) atoms. The molecule has 1 aliphatic heterocycles. The average molecular weight is 282 g/mol. The third kappa shape index (κ3) is 2.28. The van der Waals surface area contributed by atoms with Crippen molar-refractivity contribution in [1.82, 2.24) is 4.98 Å². The molecule has 1 saturated carbocycles. The van der Waals surface area contributed by atoms with E-state index in [1.807, 2.05) is 0 Å². The number of aromatic nitrogens is 1. The summed E-state index contributed by atoms with van der Waals surface area (Å²) in [4.78, 5) is 17.6. The third-order valence-electron chi connectivity index (χ3n) is 3.86. The second kappa shape index (κ2) is 4.98. The van der Waals surface area contributed by atoms with Gasteiger partial charge in [-0.3, -0.25) is 4.79 Å². The number of hydrogen-bond acceptors (Lipinski definition) is 4. The van der Waals surface area contributed by atoms with Gasteiger partial charge in [0.25, 0.3) is 0 Å². The first-order valence-electron chi connectivity index (χ1n) is 6.50. The van der Waals surface area contributed by atoms with Crippen LogP contribution in [0.3, 0.4) is 0 Å². The molecular weight excluding hydrogens is 266 g/mol. The molecule has 2 atom stereocenters. The van der Waals surface area contributed by atoms with Crippen LogP contribution in [0.5, 0.6) is 0 Å². The van der Waals surface area contributed by atoms with Gasteiger partial charge in [-0.05, 0) is 25.3 Å². The maximum Gasteiger partial charge on any atom is 0.250 e. The quantitative estimate of drug-likeness (QED) is 0.894. The van der Waals surface area contributed by atoms with Gasteiger partial charge in [-0.1, -0.05) is 11.6 Å². The molecule has 0 bridgehead atoms. The molecule has 3 rings (SSSR count). The lowest BCUT2D eigenvalue weighted by Gasteiger charge is -2.38. The number of nitrogens with zero attached hydrogens (tertiary/aromatic N) is 2. The number of fused-ring (bicyclic) bond motifs is 1. The van der Waals surface area contributed by atoms with Crippen molar-refractivity contribution in [2.24, 2.45) is 5.73 Å². The highest BCUT2D eigenvalue weighted by Crippen LogP contribution is 2.35. The Morgan fingerprint density at radius 3 is 3.11 bits per heavy atom. The summed E-state index contributed by atoms with van der Waals surface area (Å²) < 4.78 is 5.77. The molecule has 1 aliphatic carbocycles. The Kier molecular flexibility index (Phi) is 3.33. The Labute approximate surface area is 116 Å². The van der Waals surface area contributed by atoms with Gasteiger partial charge >= 0.3 is 0 Å². The monoisotopic (exact) mass is 281 g/mol. The maximum atomic E-state index is 11.1. The topological polar surface area (TPSA) is 68.5 Å². The molecule has 1 amide bonds. The molecule has 2 fully saturated rings. The first-order valence-corrected chi connectivity index (χ1v) is 6.88. The smallest absolute Gasteiger partial charge is 0.250 e. The lowest BCUT2D eigenvalue weighted by atomic mass is 10.1. The summed E-state index contributed by atoms with van der Waals surface area (Å²) >= 11 is 6.24. The van der Waals surface area contributed by atoms with E-state index in [4.69, 9.17) is 22.1 Å². The van der Waals surface area contributed by atoms with Gasteiger partial charge in [-0.2, -0.15) is 0 Å². The number of ether oxygens (including phenoxy) is 1. The molecule has 0 radical (unpaired) electrons. The van der Waals surface area contributed by atoms with E-state index in [0.717, 1.165) is 25.2 Å². The minimum absolute atomic E-state index is 0.280. The fourth-order valence-corrected chi connectivity index (χ4v) is 3.24. The van der Waals surface area contributed by atoms with E-state index in [-0.39, 0.29) is 6.10 Å². The van der Waals surface area contributed by atoms with Gasteiger partial charge in [0.05, 0.1) is 29.3 Å². The maximum absolute atomic E-state index is 11.1. The number of amides is 1. The Morgan fingerprint density at radius 1 is 1.53 bits per heavy atom. The molecule has 1 aromatic heterocycles. The van der Waals surface area contributed by atoms with Crippen molar-refractivity contribution in [3.05, 3.63) is 22.8 Å². The van der Waals surface area contributed by atoms with Crippen LogP contribution in [0.1, 0.15) is 29.6 Å². The number of pyridine rings is 1. The van der Waals surface area contributed by atoms with E-state index < -0.39 is 5.91 Å². The molecule has 2 N–H and O–H groups in total. The molecule has 6 heteroatoms. The molecule has 1 saturated heterocycles. The average Bonchev–Trinajstić information content (AvgIpc) is 2.86. The summed E-state index contributed by atoms with van der Waals surface area (Å²) in [5, 5.41) is 0.476. The second-order valence-corrected chi connectivity index (χ2v) is 5.40. The highest BCUT2D eigenvalue weighted by atomic mass is 35.5. The van der Waals surface area contributed by atoms with E-state index in [9.17, 15) is 4.79 Å². The summed E-state index contributed by atoms with van der Waals surface area (Å²) in [6.07, 6.45) is 5.13. The molecule has 0 aromatic carbocycles. The van der Waals surface area contributed by atoms with Crippen LogP contribution in [-0.4, -0.2) is 36.2 Å². The lowest BCUT2D eigenvalue weighted by Crippen LogP contribution is -2.49. The van der Waals surface area contributed by atoms with Crippen molar-refractivity contribution in [2.75, 3.05) is 18.1 Å². The molecule has 0 unspecified atom stereocenters. The van der Waals surface area contributed by atoms with Gasteiger partial charge in [-0.15, -0.1) is 0 Å². The van der Waals surface area contributed by atoms with Crippen molar-refractivity contribution in [3.8, 4) is 0 Å². The van der Waals surface area contributed by atoms with Gasteiger partial charge in [0.2, 0.25) is 5.91 Å². The van der Waals surface area contributed by atoms with E-state index >= 15 is 0 Å².